The van der Waals surface area contributed by atoms with Gasteiger partial charge in [-0.25, -0.2) is 4.98 Å². The van der Waals surface area contributed by atoms with E-state index in [0.29, 0.717) is 13.1 Å². The van der Waals surface area contributed by atoms with Crippen molar-refractivity contribution in [2.45, 2.75) is 13.1 Å². The van der Waals surface area contributed by atoms with Gasteiger partial charge in [0.1, 0.15) is 0 Å². The third-order valence-electron chi connectivity index (χ3n) is 1.90. The van der Waals surface area contributed by atoms with E-state index in [-0.39, 0.29) is 0 Å². The number of rotatable bonds is 4. The van der Waals surface area contributed by atoms with Gasteiger partial charge in [0.25, 0.3) is 0 Å². The molecular weight excluding hydrogens is 208 g/mol. The molecule has 78 valence electrons. The Labute approximate surface area is 92.2 Å². The van der Waals surface area contributed by atoms with Crippen LogP contribution in [-0.2, 0) is 13.1 Å². The Hall–Kier alpha value is -1.46. The third-order valence-corrected chi connectivity index (χ3v) is 2.88. The number of thiazole rings is 1. The lowest BCUT2D eigenvalue weighted by atomic mass is 10.3. The maximum Gasteiger partial charge on any atom is 0.183 e. The third kappa shape index (κ3) is 2.74. The number of nitrogens with zero attached hydrogens (tertiary/aromatic N) is 2. The van der Waals surface area contributed by atoms with E-state index in [0.717, 1.165) is 15.7 Å². The van der Waals surface area contributed by atoms with Crippen LogP contribution in [0.5, 0.6) is 0 Å². The van der Waals surface area contributed by atoms with E-state index in [1.165, 1.54) is 0 Å². The van der Waals surface area contributed by atoms with E-state index < -0.39 is 0 Å². The summed E-state index contributed by atoms with van der Waals surface area (Å²) in [6.07, 6.45) is 3.58. The predicted molar refractivity (Wildman–Crippen MR) is 61.6 cm³/mol. The van der Waals surface area contributed by atoms with Crippen LogP contribution >= 0.6 is 11.3 Å². The van der Waals surface area contributed by atoms with Crippen molar-refractivity contribution >= 4 is 16.5 Å². The average molecular weight is 220 g/mol. The van der Waals surface area contributed by atoms with Gasteiger partial charge in [-0.1, -0.05) is 6.07 Å². The van der Waals surface area contributed by atoms with Crippen molar-refractivity contribution in [3.63, 3.8) is 0 Å². The lowest BCUT2D eigenvalue weighted by Gasteiger charge is -2.00. The molecule has 0 saturated heterocycles. The summed E-state index contributed by atoms with van der Waals surface area (Å²) in [7, 11) is 0. The first kappa shape index (κ1) is 10.1. The molecule has 0 radical (unpaired) electrons. The Morgan fingerprint density at radius 3 is 2.93 bits per heavy atom. The number of aromatic nitrogens is 2. The van der Waals surface area contributed by atoms with Gasteiger partial charge < -0.3 is 11.1 Å². The molecule has 5 heteroatoms. The molecule has 3 N–H and O–H groups in total. The molecule has 15 heavy (non-hydrogen) atoms. The summed E-state index contributed by atoms with van der Waals surface area (Å²) in [4.78, 5) is 9.49. The van der Waals surface area contributed by atoms with Crippen molar-refractivity contribution < 1.29 is 0 Å². The highest BCUT2D eigenvalue weighted by Crippen LogP contribution is 2.17. The van der Waals surface area contributed by atoms with Gasteiger partial charge in [-0.3, -0.25) is 4.98 Å². The summed E-state index contributed by atoms with van der Waals surface area (Å²) in [5, 5.41) is 4.09. The van der Waals surface area contributed by atoms with E-state index in [4.69, 9.17) is 5.73 Å². The van der Waals surface area contributed by atoms with Crippen molar-refractivity contribution in [2.24, 2.45) is 5.73 Å². The molecule has 0 saturated carbocycles. The fourth-order valence-corrected chi connectivity index (χ4v) is 1.84. The molecule has 0 aliphatic heterocycles. The summed E-state index contributed by atoms with van der Waals surface area (Å²) in [6, 6.07) is 5.85. The predicted octanol–water partition coefficient (Wildman–Crippen LogP) is 1.61. The van der Waals surface area contributed by atoms with Crippen molar-refractivity contribution in [2.75, 3.05) is 5.32 Å². The van der Waals surface area contributed by atoms with E-state index in [1.54, 1.807) is 23.7 Å². The number of nitrogens with two attached hydrogens (primary N) is 1. The first-order valence-corrected chi connectivity index (χ1v) is 5.48. The van der Waals surface area contributed by atoms with Crippen LogP contribution in [0.25, 0.3) is 0 Å². The van der Waals surface area contributed by atoms with Gasteiger partial charge in [0, 0.05) is 23.8 Å². The molecule has 0 atom stereocenters. The molecular formula is C10H12N4S. The van der Waals surface area contributed by atoms with Crippen LogP contribution in [0.2, 0.25) is 0 Å². The van der Waals surface area contributed by atoms with Crippen LogP contribution in [0.4, 0.5) is 5.13 Å². The second-order valence-electron chi connectivity index (χ2n) is 3.01. The molecule has 0 unspecified atom stereocenters. The second-order valence-corrected chi connectivity index (χ2v) is 4.13. The average Bonchev–Trinajstić information content (AvgIpc) is 2.76. The van der Waals surface area contributed by atoms with Gasteiger partial charge in [0.2, 0.25) is 0 Å². The molecule has 2 aromatic rings. The molecule has 2 heterocycles. The molecule has 0 aromatic carbocycles. The number of hydrogen-bond donors (Lipinski definition) is 2. The van der Waals surface area contributed by atoms with Crippen molar-refractivity contribution in [1.82, 2.24) is 9.97 Å². The van der Waals surface area contributed by atoms with Crippen LogP contribution in [0.15, 0.2) is 30.6 Å². The summed E-state index contributed by atoms with van der Waals surface area (Å²) < 4.78 is 0. The standard InChI is InChI=1S/C10H12N4S/c11-5-9-7-14-10(15-9)13-6-8-3-1-2-4-12-8/h1-4,7H,5-6,11H2,(H,13,14). The Balaban J connectivity index is 1.93. The number of hydrogen-bond acceptors (Lipinski definition) is 5. The van der Waals surface area contributed by atoms with Gasteiger partial charge in [0.15, 0.2) is 5.13 Å². The molecule has 0 bridgehead atoms. The minimum Gasteiger partial charge on any atom is -0.356 e. The quantitative estimate of drug-likeness (QED) is 0.821. The van der Waals surface area contributed by atoms with Crippen LogP contribution in [0.3, 0.4) is 0 Å². The van der Waals surface area contributed by atoms with Crippen LogP contribution in [0, 0.1) is 0 Å². The molecule has 0 spiro atoms. The van der Waals surface area contributed by atoms with Gasteiger partial charge in [-0.15, -0.1) is 11.3 Å². The summed E-state index contributed by atoms with van der Waals surface area (Å²) >= 11 is 1.58. The fraction of sp³-hybridized carbons (Fsp3) is 0.200. The Morgan fingerprint density at radius 1 is 1.33 bits per heavy atom. The number of anilines is 1. The topological polar surface area (TPSA) is 63.8 Å². The molecule has 2 rings (SSSR count). The zero-order chi connectivity index (χ0) is 10.5. The van der Waals surface area contributed by atoms with Gasteiger partial charge in [0.05, 0.1) is 12.2 Å². The maximum absolute atomic E-state index is 5.50. The van der Waals surface area contributed by atoms with Gasteiger partial charge >= 0.3 is 0 Å². The highest BCUT2D eigenvalue weighted by atomic mass is 32.1. The van der Waals surface area contributed by atoms with E-state index in [9.17, 15) is 0 Å². The largest absolute Gasteiger partial charge is 0.356 e. The molecule has 4 nitrogen and oxygen atoms in total. The number of pyridine rings is 1. The summed E-state index contributed by atoms with van der Waals surface area (Å²) in [6.45, 7) is 1.24. The van der Waals surface area contributed by atoms with Crippen molar-refractivity contribution in [3.05, 3.63) is 41.2 Å². The fourth-order valence-electron chi connectivity index (χ4n) is 1.15. The van der Waals surface area contributed by atoms with Gasteiger partial charge in [-0.2, -0.15) is 0 Å². The lowest BCUT2D eigenvalue weighted by molar-refractivity contribution is 1.04. The normalized spacial score (nSPS) is 10.2. The van der Waals surface area contributed by atoms with Crippen LogP contribution in [-0.4, -0.2) is 9.97 Å². The molecule has 0 aliphatic carbocycles. The molecule has 0 aliphatic rings. The van der Waals surface area contributed by atoms with Crippen LogP contribution < -0.4 is 11.1 Å². The second kappa shape index (κ2) is 4.86. The van der Waals surface area contributed by atoms with E-state index in [1.807, 2.05) is 18.2 Å². The monoisotopic (exact) mass is 220 g/mol. The lowest BCUT2D eigenvalue weighted by Crippen LogP contribution is -2.00. The van der Waals surface area contributed by atoms with Crippen LogP contribution in [0.1, 0.15) is 10.6 Å². The molecule has 0 fully saturated rings. The summed E-state index contributed by atoms with van der Waals surface area (Å²) in [5.74, 6) is 0. The highest BCUT2D eigenvalue weighted by Gasteiger charge is 1.99. The summed E-state index contributed by atoms with van der Waals surface area (Å²) in [5.41, 5.74) is 6.50. The van der Waals surface area contributed by atoms with Gasteiger partial charge in [-0.05, 0) is 12.1 Å². The minimum atomic E-state index is 0.545. The zero-order valence-corrected chi connectivity index (χ0v) is 9.00. The minimum absolute atomic E-state index is 0.545. The smallest absolute Gasteiger partial charge is 0.183 e. The Kier molecular flexibility index (Phi) is 3.26. The maximum atomic E-state index is 5.50. The Bertz CT molecular complexity index is 412. The first-order valence-electron chi connectivity index (χ1n) is 4.67. The van der Waals surface area contributed by atoms with E-state index in [2.05, 4.69) is 15.3 Å². The molecule has 2 aromatic heterocycles. The van der Waals surface area contributed by atoms with E-state index >= 15 is 0 Å². The SMILES string of the molecule is NCc1cnc(NCc2ccccn2)s1. The molecule has 0 amide bonds. The zero-order valence-electron chi connectivity index (χ0n) is 8.18. The van der Waals surface area contributed by atoms with Crippen molar-refractivity contribution in [1.29, 1.82) is 0 Å². The highest BCUT2D eigenvalue weighted by molar-refractivity contribution is 7.15. The first-order chi connectivity index (χ1) is 7.38. The number of nitrogens with one attached hydrogen (secondary N) is 1. The Morgan fingerprint density at radius 2 is 2.27 bits per heavy atom. The van der Waals surface area contributed by atoms with Crippen molar-refractivity contribution in [3.8, 4) is 0 Å².